The van der Waals surface area contributed by atoms with Gasteiger partial charge in [-0.15, -0.1) is 11.3 Å². The van der Waals surface area contributed by atoms with Gasteiger partial charge in [0.05, 0.1) is 17.7 Å². The molecule has 1 heterocycles. The average Bonchev–Trinajstić information content (AvgIpc) is 3.15. The monoisotopic (exact) mass is 459 g/mol. The molecule has 0 radical (unpaired) electrons. The molecule has 0 atom stereocenters. The fourth-order valence-electron chi connectivity index (χ4n) is 3.22. The van der Waals surface area contributed by atoms with Crippen LogP contribution in [0.2, 0.25) is 0 Å². The molecule has 7 nitrogen and oxygen atoms in total. The number of ether oxygens (including phenoxy) is 1. The molecule has 0 unspecified atom stereocenters. The van der Waals surface area contributed by atoms with Crippen LogP contribution in [0, 0.1) is 20.8 Å². The summed E-state index contributed by atoms with van der Waals surface area (Å²) in [5, 5.41) is 4.98. The van der Waals surface area contributed by atoms with E-state index in [2.05, 4.69) is 15.0 Å². The van der Waals surface area contributed by atoms with E-state index in [0.717, 1.165) is 22.4 Å². The number of hydrogen-bond acceptors (Lipinski definition) is 6. The van der Waals surface area contributed by atoms with Crippen LogP contribution < -0.4 is 14.8 Å². The molecule has 0 aliphatic carbocycles. The van der Waals surface area contributed by atoms with Crippen LogP contribution in [0.25, 0.3) is 0 Å². The van der Waals surface area contributed by atoms with Crippen molar-refractivity contribution in [1.29, 1.82) is 0 Å². The molecule has 0 saturated carbocycles. The predicted octanol–water partition coefficient (Wildman–Crippen LogP) is 4.45. The van der Waals surface area contributed by atoms with E-state index in [1.54, 1.807) is 17.5 Å². The molecule has 0 aliphatic rings. The van der Waals surface area contributed by atoms with Gasteiger partial charge in [-0.1, -0.05) is 17.7 Å². The van der Waals surface area contributed by atoms with Crippen molar-refractivity contribution in [2.24, 2.45) is 0 Å². The molecule has 2 N–H and O–H groups in total. The number of rotatable bonds is 8. The molecular formula is C22H25N3O4S2. The minimum Gasteiger partial charge on any atom is -0.497 e. The number of nitrogens with one attached hydrogen (secondary N) is 2. The maximum atomic E-state index is 12.5. The van der Waals surface area contributed by atoms with Gasteiger partial charge in [-0.05, 0) is 62.6 Å². The Morgan fingerprint density at radius 3 is 2.35 bits per heavy atom. The van der Waals surface area contributed by atoms with Crippen molar-refractivity contribution in [1.82, 2.24) is 4.98 Å². The van der Waals surface area contributed by atoms with E-state index < -0.39 is 10.0 Å². The fourth-order valence-corrected chi connectivity index (χ4v) is 5.22. The van der Waals surface area contributed by atoms with E-state index in [9.17, 15) is 13.2 Å². The van der Waals surface area contributed by atoms with Crippen LogP contribution in [-0.2, 0) is 21.2 Å². The van der Waals surface area contributed by atoms with E-state index >= 15 is 0 Å². The highest BCUT2D eigenvalue weighted by molar-refractivity contribution is 7.93. The molecule has 1 aromatic heterocycles. The fraction of sp³-hybridized carbons (Fsp3) is 0.273. The molecule has 3 aromatic rings. The minimum absolute atomic E-state index is 0.108. The smallest absolute Gasteiger partial charge is 0.263 e. The van der Waals surface area contributed by atoms with Gasteiger partial charge in [0.25, 0.3) is 10.0 Å². The standard InChI is InChI=1S/C22H25N3O4S2/c1-14-11-15(2)21(16(3)12-14)24-20(26)10-5-17-13-30-22(23-17)25-31(27,28)19-8-6-18(29-4)7-9-19/h6-9,11-13H,5,10H2,1-4H3,(H,23,25)(H,24,26). The van der Waals surface area contributed by atoms with E-state index in [-0.39, 0.29) is 22.4 Å². The molecule has 0 saturated heterocycles. The molecule has 0 bridgehead atoms. The molecule has 164 valence electrons. The molecule has 0 aliphatic heterocycles. The zero-order valence-corrected chi connectivity index (χ0v) is 19.5. The predicted molar refractivity (Wildman–Crippen MR) is 124 cm³/mol. The van der Waals surface area contributed by atoms with E-state index in [1.807, 2.05) is 32.9 Å². The Kier molecular flexibility index (Phi) is 6.97. The number of nitrogens with zero attached hydrogens (tertiary/aromatic N) is 1. The van der Waals surface area contributed by atoms with Crippen molar-refractivity contribution in [3.63, 3.8) is 0 Å². The summed E-state index contributed by atoms with van der Waals surface area (Å²) in [6, 6.07) is 10.2. The summed E-state index contributed by atoms with van der Waals surface area (Å²) < 4.78 is 32.6. The lowest BCUT2D eigenvalue weighted by molar-refractivity contribution is -0.116. The first-order chi connectivity index (χ1) is 14.7. The molecule has 2 aromatic carbocycles. The van der Waals surface area contributed by atoms with Crippen molar-refractivity contribution in [3.05, 3.63) is 64.2 Å². The largest absolute Gasteiger partial charge is 0.497 e. The Labute approximate surface area is 186 Å². The van der Waals surface area contributed by atoms with Gasteiger partial charge in [-0.25, -0.2) is 13.4 Å². The second-order valence-corrected chi connectivity index (χ2v) is 9.79. The zero-order chi connectivity index (χ0) is 22.6. The van der Waals surface area contributed by atoms with Crippen LogP contribution in [0.1, 0.15) is 28.8 Å². The maximum Gasteiger partial charge on any atom is 0.263 e. The van der Waals surface area contributed by atoms with Gasteiger partial charge in [0.2, 0.25) is 5.91 Å². The Balaban J connectivity index is 1.59. The van der Waals surface area contributed by atoms with E-state index in [0.29, 0.717) is 17.9 Å². The highest BCUT2D eigenvalue weighted by Crippen LogP contribution is 2.24. The third kappa shape index (κ3) is 5.83. The van der Waals surface area contributed by atoms with Gasteiger partial charge in [0.15, 0.2) is 5.13 Å². The number of hydrogen-bond donors (Lipinski definition) is 2. The van der Waals surface area contributed by atoms with Crippen LogP contribution >= 0.6 is 11.3 Å². The lowest BCUT2D eigenvalue weighted by Crippen LogP contribution is -2.15. The lowest BCUT2D eigenvalue weighted by atomic mass is 10.0. The first kappa shape index (κ1) is 22.8. The summed E-state index contributed by atoms with van der Waals surface area (Å²) >= 11 is 1.18. The Hall–Kier alpha value is -2.91. The quantitative estimate of drug-likeness (QED) is 0.519. The number of benzene rings is 2. The first-order valence-electron chi connectivity index (χ1n) is 9.67. The zero-order valence-electron chi connectivity index (χ0n) is 17.9. The van der Waals surface area contributed by atoms with Gasteiger partial charge in [0, 0.05) is 17.5 Å². The van der Waals surface area contributed by atoms with Crippen molar-refractivity contribution < 1.29 is 17.9 Å². The summed E-state index contributed by atoms with van der Waals surface area (Å²) in [7, 11) is -2.23. The van der Waals surface area contributed by atoms with Crippen LogP contribution in [0.15, 0.2) is 46.7 Å². The Morgan fingerprint density at radius 1 is 1.10 bits per heavy atom. The SMILES string of the molecule is COc1ccc(S(=O)(=O)Nc2nc(CCC(=O)Nc3c(C)cc(C)cc3C)cs2)cc1. The normalized spacial score (nSPS) is 11.2. The van der Waals surface area contributed by atoms with Crippen molar-refractivity contribution in [2.75, 3.05) is 17.1 Å². The molecule has 3 rings (SSSR count). The van der Waals surface area contributed by atoms with Crippen molar-refractivity contribution >= 4 is 38.1 Å². The van der Waals surface area contributed by atoms with Gasteiger partial charge >= 0.3 is 0 Å². The topological polar surface area (TPSA) is 97.4 Å². The van der Waals surface area contributed by atoms with Crippen molar-refractivity contribution in [2.45, 2.75) is 38.5 Å². The number of thiazole rings is 1. The number of sulfonamides is 1. The second kappa shape index (κ2) is 9.49. The van der Waals surface area contributed by atoms with Crippen LogP contribution in [0.4, 0.5) is 10.8 Å². The lowest BCUT2D eigenvalue weighted by Gasteiger charge is -2.12. The van der Waals surface area contributed by atoms with Gasteiger partial charge in [0.1, 0.15) is 5.75 Å². The minimum atomic E-state index is -3.75. The third-order valence-electron chi connectivity index (χ3n) is 4.69. The molecule has 9 heteroatoms. The van der Waals surface area contributed by atoms with Gasteiger partial charge in [-0.3, -0.25) is 9.52 Å². The summed E-state index contributed by atoms with van der Waals surface area (Å²) in [6.45, 7) is 5.96. The van der Waals surface area contributed by atoms with Gasteiger partial charge < -0.3 is 10.1 Å². The van der Waals surface area contributed by atoms with Crippen molar-refractivity contribution in [3.8, 4) is 5.75 Å². The highest BCUT2D eigenvalue weighted by atomic mass is 32.2. The second-order valence-electron chi connectivity index (χ2n) is 7.25. The van der Waals surface area contributed by atoms with E-state index in [1.165, 1.54) is 30.6 Å². The van der Waals surface area contributed by atoms with Crippen LogP contribution in [0.3, 0.4) is 0 Å². The Bertz CT molecular complexity index is 1160. The summed E-state index contributed by atoms with van der Waals surface area (Å²) in [6.07, 6.45) is 0.664. The van der Waals surface area contributed by atoms with Gasteiger partial charge in [-0.2, -0.15) is 0 Å². The number of amides is 1. The summed E-state index contributed by atoms with van der Waals surface area (Å²) in [5.41, 5.74) is 4.69. The number of anilines is 2. The van der Waals surface area contributed by atoms with Crippen LogP contribution in [0.5, 0.6) is 5.75 Å². The molecule has 0 spiro atoms. The highest BCUT2D eigenvalue weighted by Gasteiger charge is 2.17. The molecule has 31 heavy (non-hydrogen) atoms. The number of aromatic nitrogens is 1. The number of carbonyl (C=O) groups is 1. The first-order valence-corrected chi connectivity index (χ1v) is 12.0. The number of aryl methyl sites for hydroxylation is 4. The summed E-state index contributed by atoms with van der Waals surface area (Å²) in [4.78, 5) is 16.8. The molecule has 0 fully saturated rings. The van der Waals surface area contributed by atoms with E-state index in [4.69, 9.17) is 4.74 Å². The average molecular weight is 460 g/mol. The number of methoxy groups -OCH3 is 1. The number of carbonyl (C=O) groups excluding carboxylic acids is 1. The summed E-state index contributed by atoms with van der Waals surface area (Å²) in [5.74, 6) is 0.466. The van der Waals surface area contributed by atoms with Crippen LogP contribution in [-0.4, -0.2) is 26.4 Å². The Morgan fingerprint density at radius 2 is 1.74 bits per heavy atom. The third-order valence-corrected chi connectivity index (χ3v) is 6.98. The molecular weight excluding hydrogens is 434 g/mol. The maximum absolute atomic E-state index is 12.5. The molecule has 1 amide bonds.